The van der Waals surface area contributed by atoms with E-state index in [1.54, 1.807) is 5.57 Å². The van der Waals surface area contributed by atoms with E-state index in [9.17, 15) is 0 Å². The Bertz CT molecular complexity index is 380. The lowest BCUT2D eigenvalue weighted by atomic mass is 10.0. The predicted octanol–water partition coefficient (Wildman–Crippen LogP) is 4.20. The minimum atomic E-state index is 1.17. The summed E-state index contributed by atoms with van der Waals surface area (Å²) in [6, 6.07) is 10.7. The fourth-order valence-electron chi connectivity index (χ4n) is 1.99. The molecule has 0 fully saturated rings. The first-order chi connectivity index (χ1) is 6.81. The molecule has 0 aliphatic heterocycles. The van der Waals surface area contributed by atoms with Crippen LogP contribution in [0.25, 0.3) is 5.57 Å². The Morgan fingerprint density at radius 1 is 1.14 bits per heavy atom. The molecule has 1 aromatic rings. The van der Waals surface area contributed by atoms with Gasteiger partial charge in [-0.3, -0.25) is 0 Å². The first-order valence-electron chi connectivity index (χ1n) is 5.26. The van der Waals surface area contributed by atoms with Gasteiger partial charge in [-0.15, -0.1) is 0 Å². The highest BCUT2D eigenvalue weighted by Gasteiger charge is 2.11. The van der Waals surface area contributed by atoms with E-state index in [1.807, 2.05) is 0 Å². The Morgan fingerprint density at radius 2 is 1.86 bits per heavy atom. The molecule has 0 radical (unpaired) electrons. The van der Waals surface area contributed by atoms with Crippen LogP contribution < -0.4 is 0 Å². The van der Waals surface area contributed by atoms with Crippen LogP contribution in [0, 0.1) is 0 Å². The lowest BCUT2D eigenvalue weighted by Crippen LogP contribution is -1.80. The van der Waals surface area contributed by atoms with Crippen molar-refractivity contribution in [1.82, 2.24) is 0 Å². The van der Waals surface area contributed by atoms with Crippen molar-refractivity contribution in [2.24, 2.45) is 0 Å². The Morgan fingerprint density at radius 3 is 2.43 bits per heavy atom. The summed E-state index contributed by atoms with van der Waals surface area (Å²) in [5, 5.41) is 0. The maximum atomic E-state index is 2.35. The van der Waals surface area contributed by atoms with Crippen LogP contribution >= 0.6 is 0 Å². The average molecular weight is 184 g/mol. The summed E-state index contributed by atoms with van der Waals surface area (Å²) in [6.07, 6.45) is 4.69. The fourth-order valence-corrected chi connectivity index (χ4v) is 1.99. The lowest BCUT2D eigenvalue weighted by molar-refractivity contribution is 1.02. The van der Waals surface area contributed by atoms with Crippen molar-refractivity contribution in [2.75, 3.05) is 0 Å². The molecule has 0 aromatic heterocycles. The summed E-state index contributed by atoms with van der Waals surface area (Å²) in [7, 11) is 0. The van der Waals surface area contributed by atoms with Gasteiger partial charge in [0.2, 0.25) is 0 Å². The van der Waals surface area contributed by atoms with Gasteiger partial charge < -0.3 is 0 Å². The van der Waals surface area contributed by atoms with Gasteiger partial charge in [0, 0.05) is 0 Å². The zero-order chi connectivity index (χ0) is 9.97. The van der Waals surface area contributed by atoms with Crippen molar-refractivity contribution < 1.29 is 0 Å². The second-order valence-electron chi connectivity index (χ2n) is 3.89. The topological polar surface area (TPSA) is 0 Å². The normalized spacial score (nSPS) is 16.0. The van der Waals surface area contributed by atoms with Crippen LogP contribution in [0.1, 0.15) is 32.3 Å². The highest BCUT2D eigenvalue weighted by molar-refractivity contribution is 5.80. The second kappa shape index (κ2) is 3.83. The molecule has 14 heavy (non-hydrogen) atoms. The highest BCUT2D eigenvalue weighted by atomic mass is 14.2. The molecule has 0 spiro atoms. The molecule has 2 rings (SSSR count). The molecule has 0 saturated carbocycles. The molecule has 1 aliphatic carbocycles. The second-order valence-corrected chi connectivity index (χ2v) is 3.89. The van der Waals surface area contributed by atoms with Crippen LogP contribution in [-0.2, 0) is 0 Å². The summed E-state index contributed by atoms with van der Waals surface area (Å²) in [6.45, 7) is 4.47. The zero-order valence-corrected chi connectivity index (χ0v) is 8.88. The van der Waals surface area contributed by atoms with E-state index in [2.05, 4.69) is 50.3 Å². The quantitative estimate of drug-likeness (QED) is 0.646. The van der Waals surface area contributed by atoms with Gasteiger partial charge in [-0.2, -0.15) is 0 Å². The van der Waals surface area contributed by atoms with E-state index in [4.69, 9.17) is 0 Å². The fraction of sp³-hybridized carbons (Fsp3) is 0.286. The third-order valence-corrected chi connectivity index (χ3v) is 2.84. The monoisotopic (exact) mass is 184 g/mol. The predicted molar refractivity (Wildman–Crippen MR) is 62.0 cm³/mol. The maximum Gasteiger partial charge on any atom is -0.00988 e. The Balaban J connectivity index is 2.36. The van der Waals surface area contributed by atoms with E-state index >= 15 is 0 Å². The van der Waals surface area contributed by atoms with Gasteiger partial charge in [-0.25, -0.2) is 0 Å². The summed E-state index contributed by atoms with van der Waals surface area (Å²) >= 11 is 0. The zero-order valence-electron chi connectivity index (χ0n) is 8.88. The van der Waals surface area contributed by atoms with Gasteiger partial charge in [0.05, 0.1) is 0 Å². The van der Waals surface area contributed by atoms with E-state index in [1.165, 1.54) is 29.6 Å². The molecule has 0 nitrogen and oxygen atoms in total. The standard InChI is InChI=1S/C14H16/c1-3-12-9-11(2)14(10-12)13-7-5-4-6-8-13/h4-8,10H,3,9H2,1-2H3. The minimum Gasteiger partial charge on any atom is -0.0658 e. The summed E-state index contributed by atoms with van der Waals surface area (Å²) in [4.78, 5) is 0. The third-order valence-electron chi connectivity index (χ3n) is 2.84. The number of hydrogen-bond donors (Lipinski definition) is 0. The van der Waals surface area contributed by atoms with Gasteiger partial charge in [0.25, 0.3) is 0 Å². The molecule has 0 heteroatoms. The maximum absolute atomic E-state index is 2.35. The molecule has 0 saturated heterocycles. The number of allylic oxidation sites excluding steroid dienone is 4. The summed E-state index contributed by atoms with van der Waals surface area (Å²) in [5.41, 5.74) is 5.85. The van der Waals surface area contributed by atoms with E-state index in [-0.39, 0.29) is 0 Å². The highest BCUT2D eigenvalue weighted by Crippen LogP contribution is 2.33. The average Bonchev–Trinajstić information content (AvgIpc) is 2.61. The van der Waals surface area contributed by atoms with Gasteiger partial charge in [-0.1, -0.05) is 54.5 Å². The van der Waals surface area contributed by atoms with E-state index in [0.29, 0.717) is 0 Å². The van der Waals surface area contributed by atoms with Crippen molar-refractivity contribution in [1.29, 1.82) is 0 Å². The van der Waals surface area contributed by atoms with Gasteiger partial charge >= 0.3 is 0 Å². The molecule has 1 aromatic carbocycles. The van der Waals surface area contributed by atoms with Crippen molar-refractivity contribution in [3.05, 3.63) is 53.1 Å². The Hall–Kier alpha value is -1.30. The third kappa shape index (κ3) is 1.65. The molecule has 72 valence electrons. The van der Waals surface area contributed by atoms with E-state index in [0.717, 1.165) is 0 Å². The smallest absolute Gasteiger partial charge is 0.00988 e. The molecule has 0 unspecified atom stereocenters. The molecule has 0 bridgehead atoms. The molecule has 0 amide bonds. The van der Waals surface area contributed by atoms with Crippen molar-refractivity contribution in [3.63, 3.8) is 0 Å². The molecule has 1 aliphatic rings. The van der Waals surface area contributed by atoms with Crippen molar-refractivity contribution >= 4 is 5.57 Å². The summed E-state index contributed by atoms with van der Waals surface area (Å²) < 4.78 is 0. The summed E-state index contributed by atoms with van der Waals surface area (Å²) in [5.74, 6) is 0. The Kier molecular flexibility index (Phi) is 2.53. The van der Waals surface area contributed by atoms with Gasteiger partial charge in [-0.05, 0) is 30.9 Å². The van der Waals surface area contributed by atoms with E-state index < -0.39 is 0 Å². The largest absolute Gasteiger partial charge is 0.0658 e. The number of benzene rings is 1. The molecule has 0 heterocycles. The van der Waals surface area contributed by atoms with Crippen LogP contribution in [0.15, 0.2) is 47.6 Å². The van der Waals surface area contributed by atoms with Crippen LogP contribution in [0.3, 0.4) is 0 Å². The Labute approximate surface area is 86.0 Å². The molecular formula is C14H16. The first-order valence-corrected chi connectivity index (χ1v) is 5.26. The van der Waals surface area contributed by atoms with Crippen LogP contribution in [0.5, 0.6) is 0 Å². The lowest BCUT2D eigenvalue weighted by Gasteiger charge is -2.01. The van der Waals surface area contributed by atoms with Gasteiger partial charge in [0.1, 0.15) is 0 Å². The minimum absolute atomic E-state index is 1.17. The number of hydrogen-bond acceptors (Lipinski definition) is 0. The molecule has 0 N–H and O–H groups in total. The molecular weight excluding hydrogens is 168 g/mol. The first kappa shape index (κ1) is 9.26. The van der Waals surface area contributed by atoms with Crippen molar-refractivity contribution in [2.45, 2.75) is 26.7 Å². The van der Waals surface area contributed by atoms with Crippen LogP contribution in [-0.4, -0.2) is 0 Å². The van der Waals surface area contributed by atoms with Crippen LogP contribution in [0.4, 0.5) is 0 Å². The van der Waals surface area contributed by atoms with Gasteiger partial charge in [0.15, 0.2) is 0 Å². The number of rotatable bonds is 2. The SMILES string of the molecule is CCC1=CC(c2ccccc2)=C(C)C1. The van der Waals surface area contributed by atoms with Crippen molar-refractivity contribution in [3.8, 4) is 0 Å². The van der Waals surface area contributed by atoms with Crippen LogP contribution in [0.2, 0.25) is 0 Å². The molecule has 0 atom stereocenters.